The van der Waals surface area contributed by atoms with E-state index in [0.717, 1.165) is 28.2 Å². The highest BCUT2D eigenvalue weighted by Crippen LogP contribution is 2.24. The van der Waals surface area contributed by atoms with E-state index in [0.29, 0.717) is 0 Å². The number of anilines is 2. The molecular weight excluding hydrogens is 274 g/mol. The molecule has 2 aromatic heterocycles. The van der Waals surface area contributed by atoms with Crippen molar-refractivity contribution in [3.05, 3.63) is 73.2 Å². The van der Waals surface area contributed by atoms with Crippen molar-refractivity contribution in [3.8, 4) is 5.69 Å². The predicted octanol–water partition coefficient (Wildman–Crippen LogP) is 3.56. The van der Waals surface area contributed by atoms with Crippen LogP contribution in [-0.4, -0.2) is 19.7 Å². The van der Waals surface area contributed by atoms with Crippen molar-refractivity contribution in [2.75, 3.05) is 5.32 Å². The summed E-state index contributed by atoms with van der Waals surface area (Å²) < 4.78 is 1.81. The molecule has 5 heteroatoms. The van der Waals surface area contributed by atoms with Gasteiger partial charge in [0.05, 0.1) is 17.3 Å². The molecule has 0 saturated heterocycles. The van der Waals surface area contributed by atoms with E-state index in [2.05, 4.69) is 20.4 Å². The molecule has 0 aliphatic rings. The van der Waals surface area contributed by atoms with E-state index in [-0.39, 0.29) is 0 Å². The topological polar surface area (TPSA) is 55.6 Å². The van der Waals surface area contributed by atoms with Gasteiger partial charge < -0.3 is 5.32 Å². The second kappa shape index (κ2) is 5.29. The van der Waals surface area contributed by atoms with Crippen LogP contribution in [-0.2, 0) is 0 Å². The first kappa shape index (κ1) is 12.5. The first-order valence-corrected chi connectivity index (χ1v) is 6.98. The van der Waals surface area contributed by atoms with Gasteiger partial charge in [0, 0.05) is 5.69 Å². The molecule has 0 radical (unpaired) electrons. The van der Waals surface area contributed by atoms with Crippen LogP contribution >= 0.6 is 0 Å². The van der Waals surface area contributed by atoms with E-state index in [1.165, 1.54) is 0 Å². The lowest BCUT2D eigenvalue weighted by Crippen LogP contribution is -1.99. The highest BCUT2D eigenvalue weighted by Gasteiger charge is 2.10. The first-order chi connectivity index (χ1) is 10.9. The van der Waals surface area contributed by atoms with E-state index >= 15 is 0 Å². The Labute approximate surface area is 127 Å². The number of rotatable bonds is 3. The zero-order chi connectivity index (χ0) is 14.8. The zero-order valence-corrected chi connectivity index (χ0v) is 11.7. The summed E-state index contributed by atoms with van der Waals surface area (Å²) in [6.45, 7) is 0. The Bertz CT molecular complexity index is 900. The van der Waals surface area contributed by atoms with Crippen LogP contribution in [0.25, 0.3) is 16.7 Å². The molecule has 0 aliphatic heterocycles. The number of hydrogen-bond acceptors (Lipinski definition) is 4. The van der Waals surface area contributed by atoms with Crippen LogP contribution in [0.3, 0.4) is 0 Å². The molecule has 0 atom stereocenters. The summed E-state index contributed by atoms with van der Waals surface area (Å²) in [5.41, 5.74) is 2.73. The quantitative estimate of drug-likeness (QED) is 0.626. The Kier molecular flexibility index (Phi) is 3.01. The Morgan fingerprint density at radius 3 is 2.32 bits per heavy atom. The van der Waals surface area contributed by atoms with Gasteiger partial charge in [-0.1, -0.05) is 36.4 Å². The summed E-state index contributed by atoms with van der Waals surface area (Å²) >= 11 is 0. The molecule has 4 rings (SSSR count). The lowest BCUT2D eigenvalue weighted by molar-refractivity contribution is 0.895. The molecule has 0 aliphatic carbocycles. The number of nitrogens with one attached hydrogen (secondary N) is 1. The fourth-order valence-corrected chi connectivity index (χ4v) is 2.36. The number of aromatic nitrogens is 4. The maximum atomic E-state index is 4.44. The van der Waals surface area contributed by atoms with Crippen LogP contribution in [0.5, 0.6) is 0 Å². The van der Waals surface area contributed by atoms with E-state index < -0.39 is 0 Å². The molecule has 4 aromatic rings. The van der Waals surface area contributed by atoms with E-state index in [9.17, 15) is 0 Å². The Morgan fingerprint density at radius 1 is 0.818 bits per heavy atom. The highest BCUT2D eigenvalue weighted by molar-refractivity contribution is 5.89. The summed E-state index contributed by atoms with van der Waals surface area (Å²) in [4.78, 5) is 8.70. The van der Waals surface area contributed by atoms with Crippen molar-refractivity contribution in [3.63, 3.8) is 0 Å². The summed E-state index contributed by atoms with van der Waals surface area (Å²) in [6, 6.07) is 19.9. The largest absolute Gasteiger partial charge is 0.340 e. The smallest absolute Gasteiger partial charge is 0.168 e. The fraction of sp³-hybridized carbons (Fsp3) is 0. The molecule has 0 spiro atoms. The summed E-state index contributed by atoms with van der Waals surface area (Å²) in [6.07, 6.45) is 3.34. The van der Waals surface area contributed by atoms with Crippen molar-refractivity contribution in [1.29, 1.82) is 0 Å². The number of para-hydroxylation sites is 2. The van der Waals surface area contributed by atoms with Gasteiger partial charge in [-0.25, -0.2) is 14.6 Å². The van der Waals surface area contributed by atoms with E-state index in [1.807, 2.05) is 65.3 Å². The van der Waals surface area contributed by atoms with Crippen LogP contribution in [0.4, 0.5) is 11.5 Å². The molecular formula is C17H13N5. The second-order valence-electron chi connectivity index (χ2n) is 4.84. The van der Waals surface area contributed by atoms with Gasteiger partial charge >= 0.3 is 0 Å². The van der Waals surface area contributed by atoms with Gasteiger partial charge in [0.1, 0.15) is 12.1 Å². The number of hydrogen-bond donors (Lipinski definition) is 1. The van der Waals surface area contributed by atoms with Crippen molar-refractivity contribution in [2.45, 2.75) is 0 Å². The highest BCUT2D eigenvalue weighted by atomic mass is 15.3. The Morgan fingerprint density at radius 2 is 1.55 bits per heavy atom. The van der Waals surface area contributed by atoms with Gasteiger partial charge in [-0.05, 0) is 24.3 Å². The molecule has 2 heterocycles. The van der Waals surface area contributed by atoms with Crippen LogP contribution in [0.1, 0.15) is 0 Å². The van der Waals surface area contributed by atoms with Crippen LogP contribution in [0.15, 0.2) is 73.2 Å². The molecule has 0 fully saturated rings. The lowest BCUT2D eigenvalue weighted by Gasteiger charge is -2.06. The van der Waals surface area contributed by atoms with Crippen LogP contribution in [0, 0.1) is 0 Å². The first-order valence-electron chi connectivity index (χ1n) is 6.98. The molecule has 5 nitrogen and oxygen atoms in total. The van der Waals surface area contributed by atoms with Gasteiger partial charge in [-0.15, -0.1) is 0 Å². The molecule has 0 saturated carbocycles. The molecule has 0 bridgehead atoms. The second-order valence-corrected chi connectivity index (χ2v) is 4.84. The average Bonchev–Trinajstić information content (AvgIpc) is 3.02. The van der Waals surface area contributed by atoms with Gasteiger partial charge in [0.15, 0.2) is 5.65 Å². The van der Waals surface area contributed by atoms with E-state index in [1.54, 1.807) is 12.5 Å². The maximum absolute atomic E-state index is 4.44. The molecule has 106 valence electrons. The summed E-state index contributed by atoms with van der Waals surface area (Å²) in [7, 11) is 0. The SMILES string of the molecule is c1ccc(Nc2ncnc3c2cnn3-c2ccccc2)cc1. The lowest BCUT2D eigenvalue weighted by atomic mass is 10.3. The van der Waals surface area contributed by atoms with Crippen LogP contribution in [0.2, 0.25) is 0 Å². The monoisotopic (exact) mass is 287 g/mol. The van der Waals surface area contributed by atoms with Crippen molar-refractivity contribution in [1.82, 2.24) is 19.7 Å². The Hall–Kier alpha value is -3.21. The molecule has 0 unspecified atom stereocenters. The standard InChI is InChI=1S/C17H13N5/c1-3-7-13(8-4-1)21-16-15-11-20-22(17(15)19-12-18-16)14-9-5-2-6-10-14/h1-12H,(H,18,19,21). The predicted molar refractivity (Wildman–Crippen MR) is 86.4 cm³/mol. The van der Waals surface area contributed by atoms with E-state index in [4.69, 9.17) is 0 Å². The third-order valence-electron chi connectivity index (χ3n) is 3.40. The zero-order valence-electron chi connectivity index (χ0n) is 11.7. The van der Waals surface area contributed by atoms with Gasteiger partial charge in [0.2, 0.25) is 0 Å². The number of fused-ring (bicyclic) bond motifs is 1. The molecule has 22 heavy (non-hydrogen) atoms. The van der Waals surface area contributed by atoms with Gasteiger partial charge in [0.25, 0.3) is 0 Å². The van der Waals surface area contributed by atoms with Crippen LogP contribution < -0.4 is 5.32 Å². The van der Waals surface area contributed by atoms with Gasteiger partial charge in [-0.2, -0.15) is 5.10 Å². The normalized spacial score (nSPS) is 10.7. The number of benzene rings is 2. The third-order valence-corrected chi connectivity index (χ3v) is 3.40. The van der Waals surface area contributed by atoms with Crippen molar-refractivity contribution < 1.29 is 0 Å². The molecule has 0 amide bonds. The minimum absolute atomic E-state index is 0.749. The third kappa shape index (κ3) is 2.18. The van der Waals surface area contributed by atoms with Crippen molar-refractivity contribution >= 4 is 22.5 Å². The number of nitrogens with zero attached hydrogens (tertiary/aromatic N) is 4. The van der Waals surface area contributed by atoms with Crippen molar-refractivity contribution in [2.24, 2.45) is 0 Å². The van der Waals surface area contributed by atoms with Gasteiger partial charge in [-0.3, -0.25) is 0 Å². The minimum Gasteiger partial charge on any atom is -0.340 e. The molecule has 2 aromatic carbocycles. The summed E-state index contributed by atoms with van der Waals surface area (Å²) in [5.74, 6) is 0.749. The maximum Gasteiger partial charge on any atom is 0.168 e. The minimum atomic E-state index is 0.749. The fourth-order valence-electron chi connectivity index (χ4n) is 2.36. The Balaban J connectivity index is 1.81. The summed E-state index contributed by atoms with van der Waals surface area (Å²) in [5, 5.41) is 8.63. The average molecular weight is 287 g/mol. The molecule has 1 N–H and O–H groups in total.